The van der Waals surface area contributed by atoms with Crippen LogP contribution in [0.4, 0.5) is 13.2 Å². The molecule has 0 N–H and O–H groups in total. The fourth-order valence-electron chi connectivity index (χ4n) is 6.35. The summed E-state index contributed by atoms with van der Waals surface area (Å²) in [5, 5.41) is 0. The van der Waals surface area contributed by atoms with Crippen LogP contribution in [0.3, 0.4) is 0 Å². The van der Waals surface area contributed by atoms with E-state index in [-0.39, 0.29) is 28.4 Å². The lowest BCUT2D eigenvalue weighted by atomic mass is 9.76. The van der Waals surface area contributed by atoms with Gasteiger partial charge >= 0.3 is 0 Å². The van der Waals surface area contributed by atoms with Crippen molar-refractivity contribution >= 4 is 0 Å². The highest BCUT2D eigenvalue weighted by molar-refractivity contribution is 6.03. The van der Waals surface area contributed by atoms with E-state index < -0.39 is 17.5 Å². The number of rotatable bonds is 8. The maximum absolute atomic E-state index is 15.1. The number of fused-ring (bicyclic) bond motifs is 4. The summed E-state index contributed by atoms with van der Waals surface area (Å²) in [5.41, 5.74) is 1.54. The molecule has 0 spiro atoms. The summed E-state index contributed by atoms with van der Waals surface area (Å²) in [4.78, 5) is 0. The molecular formula is C30H37F3O2. The van der Waals surface area contributed by atoms with Crippen molar-refractivity contribution in [2.45, 2.75) is 84.2 Å². The zero-order valence-electron chi connectivity index (χ0n) is 21.0. The molecule has 2 aliphatic carbocycles. The molecule has 2 nitrogen and oxygen atoms in total. The van der Waals surface area contributed by atoms with Crippen molar-refractivity contribution in [3.8, 4) is 28.0 Å². The van der Waals surface area contributed by atoms with Gasteiger partial charge in [-0.25, -0.2) is 13.2 Å². The molecule has 5 heteroatoms. The second-order valence-corrected chi connectivity index (χ2v) is 10.9. The lowest BCUT2D eigenvalue weighted by Crippen LogP contribution is -2.35. The lowest BCUT2D eigenvalue weighted by molar-refractivity contribution is -0.0656. The van der Waals surface area contributed by atoms with Crippen LogP contribution in [0.25, 0.3) is 22.3 Å². The van der Waals surface area contributed by atoms with E-state index in [0.717, 1.165) is 18.8 Å². The van der Waals surface area contributed by atoms with Gasteiger partial charge in [0.25, 0.3) is 0 Å². The Morgan fingerprint density at radius 2 is 1.60 bits per heavy atom. The fourth-order valence-corrected chi connectivity index (χ4v) is 6.35. The van der Waals surface area contributed by atoms with E-state index in [1.54, 1.807) is 18.2 Å². The van der Waals surface area contributed by atoms with Crippen LogP contribution in [0.1, 0.15) is 76.7 Å². The Labute approximate surface area is 207 Å². The number of benzene rings is 2. The van der Waals surface area contributed by atoms with Gasteiger partial charge in [-0.15, -0.1) is 0 Å². The smallest absolute Gasteiger partial charge is 0.173 e. The van der Waals surface area contributed by atoms with E-state index in [4.69, 9.17) is 9.47 Å². The number of aryl methyl sites for hydroxylation is 1. The zero-order valence-corrected chi connectivity index (χ0v) is 21.0. The first-order chi connectivity index (χ1) is 17.0. The van der Waals surface area contributed by atoms with Crippen molar-refractivity contribution in [1.29, 1.82) is 0 Å². The van der Waals surface area contributed by atoms with E-state index >= 15 is 4.39 Å². The number of unbranched alkanes of at least 4 members (excludes halogenated alkanes) is 2. The van der Waals surface area contributed by atoms with Crippen molar-refractivity contribution in [1.82, 2.24) is 0 Å². The highest BCUT2D eigenvalue weighted by atomic mass is 19.2. The standard InChI is InChI=1S/C30H37F3O2/c1-3-4-5-6-19-7-10-21(11-8-19)24-13-9-20(16-34-24)17-35-25-14-12-22-23-15-18(2)28(31)30(33)27(23)26(22)29(25)32/h12,14-15,19-21,24H,3-11,13,16-17H2,1-2H3. The molecule has 1 saturated carbocycles. The molecule has 0 amide bonds. The Morgan fingerprint density at radius 1 is 0.857 bits per heavy atom. The summed E-state index contributed by atoms with van der Waals surface area (Å²) in [6, 6.07) is 4.91. The number of hydrogen-bond donors (Lipinski definition) is 0. The molecule has 3 aliphatic rings. The summed E-state index contributed by atoms with van der Waals surface area (Å²) >= 11 is 0. The van der Waals surface area contributed by atoms with Crippen molar-refractivity contribution in [3.63, 3.8) is 0 Å². The molecule has 2 aromatic carbocycles. The van der Waals surface area contributed by atoms with Gasteiger partial charge in [-0.05, 0) is 79.3 Å². The topological polar surface area (TPSA) is 18.5 Å². The molecule has 0 bridgehead atoms. The SMILES string of the molecule is CCCCCC1CCC(C2CCC(COc3ccc4c(c3F)-c3c-4cc(C)c(F)c3F)CO2)CC1. The van der Waals surface area contributed by atoms with Gasteiger partial charge in [0, 0.05) is 17.0 Å². The quantitative estimate of drug-likeness (QED) is 0.297. The third-order valence-corrected chi connectivity index (χ3v) is 8.55. The lowest BCUT2D eigenvalue weighted by Gasteiger charge is -2.38. The third-order valence-electron chi connectivity index (χ3n) is 8.55. The van der Waals surface area contributed by atoms with Crippen LogP contribution in [0.5, 0.6) is 5.75 Å². The number of halogens is 3. The molecule has 2 atom stereocenters. The van der Waals surface area contributed by atoms with Gasteiger partial charge in [0.15, 0.2) is 23.2 Å². The first-order valence-corrected chi connectivity index (χ1v) is 13.5. The molecular weight excluding hydrogens is 449 g/mol. The van der Waals surface area contributed by atoms with Crippen LogP contribution >= 0.6 is 0 Å². The van der Waals surface area contributed by atoms with Crippen LogP contribution < -0.4 is 4.74 Å². The summed E-state index contributed by atoms with van der Waals surface area (Å²) in [5.74, 6) is -0.624. The Kier molecular flexibility index (Phi) is 7.43. The third kappa shape index (κ3) is 4.85. The van der Waals surface area contributed by atoms with Crippen molar-refractivity contribution in [2.24, 2.45) is 17.8 Å². The van der Waals surface area contributed by atoms with Gasteiger partial charge in [-0.1, -0.05) is 45.4 Å². The normalized spacial score (nSPS) is 25.5. The van der Waals surface area contributed by atoms with Crippen LogP contribution in [0.15, 0.2) is 18.2 Å². The van der Waals surface area contributed by atoms with E-state index in [1.807, 2.05) is 0 Å². The summed E-state index contributed by atoms with van der Waals surface area (Å²) < 4.78 is 55.7. The maximum atomic E-state index is 15.1. The molecule has 1 saturated heterocycles. The van der Waals surface area contributed by atoms with Crippen LogP contribution in [0.2, 0.25) is 0 Å². The molecule has 35 heavy (non-hydrogen) atoms. The number of hydrogen-bond acceptors (Lipinski definition) is 2. The summed E-state index contributed by atoms with van der Waals surface area (Å²) in [7, 11) is 0. The molecule has 2 fully saturated rings. The van der Waals surface area contributed by atoms with Crippen molar-refractivity contribution in [3.05, 3.63) is 41.2 Å². The predicted octanol–water partition coefficient (Wildman–Crippen LogP) is 8.62. The second-order valence-electron chi connectivity index (χ2n) is 10.9. The molecule has 2 unspecified atom stereocenters. The monoisotopic (exact) mass is 486 g/mol. The van der Waals surface area contributed by atoms with E-state index in [1.165, 1.54) is 58.3 Å². The fraction of sp³-hybridized carbons (Fsp3) is 0.600. The maximum Gasteiger partial charge on any atom is 0.173 e. The van der Waals surface area contributed by atoms with Gasteiger partial charge in [0.1, 0.15) is 0 Å². The van der Waals surface area contributed by atoms with Crippen LogP contribution in [-0.2, 0) is 4.74 Å². The second kappa shape index (κ2) is 10.5. The van der Waals surface area contributed by atoms with E-state index in [0.29, 0.717) is 36.4 Å². The van der Waals surface area contributed by atoms with Crippen LogP contribution in [-0.4, -0.2) is 19.3 Å². The Balaban J connectivity index is 1.11. The minimum atomic E-state index is -0.981. The summed E-state index contributed by atoms with van der Waals surface area (Å²) in [6.45, 7) is 4.78. The van der Waals surface area contributed by atoms with Gasteiger partial charge in [-0.3, -0.25) is 0 Å². The minimum absolute atomic E-state index is 0.0231. The summed E-state index contributed by atoms with van der Waals surface area (Å²) in [6.07, 6.45) is 13.0. The van der Waals surface area contributed by atoms with Gasteiger partial charge in [0.05, 0.1) is 19.3 Å². The molecule has 5 rings (SSSR count). The molecule has 0 radical (unpaired) electrons. The number of ether oxygens (including phenoxy) is 2. The van der Waals surface area contributed by atoms with Gasteiger partial charge < -0.3 is 9.47 Å². The van der Waals surface area contributed by atoms with Crippen molar-refractivity contribution < 1.29 is 22.6 Å². The highest BCUT2D eigenvalue weighted by Gasteiger charge is 2.35. The average Bonchev–Trinajstić information content (AvgIpc) is 2.87. The molecule has 2 aromatic rings. The predicted molar refractivity (Wildman–Crippen MR) is 133 cm³/mol. The largest absolute Gasteiger partial charge is 0.490 e. The van der Waals surface area contributed by atoms with Gasteiger partial charge in [0.2, 0.25) is 0 Å². The molecule has 190 valence electrons. The zero-order chi connectivity index (χ0) is 24.5. The van der Waals surface area contributed by atoms with Crippen LogP contribution in [0, 0.1) is 42.1 Å². The minimum Gasteiger partial charge on any atom is -0.490 e. The average molecular weight is 487 g/mol. The van der Waals surface area contributed by atoms with Crippen molar-refractivity contribution in [2.75, 3.05) is 13.2 Å². The Hall–Kier alpha value is -2.01. The molecule has 1 aliphatic heterocycles. The first kappa shape index (κ1) is 24.7. The Morgan fingerprint density at radius 3 is 2.31 bits per heavy atom. The van der Waals surface area contributed by atoms with E-state index in [9.17, 15) is 8.78 Å². The molecule has 0 aromatic heterocycles. The first-order valence-electron chi connectivity index (χ1n) is 13.5. The molecule has 1 heterocycles. The highest BCUT2D eigenvalue weighted by Crippen LogP contribution is 2.52. The Bertz CT molecular complexity index is 1050. The van der Waals surface area contributed by atoms with E-state index in [2.05, 4.69) is 6.92 Å². The van der Waals surface area contributed by atoms with Gasteiger partial charge in [-0.2, -0.15) is 0 Å².